The molecule has 24 heteroatoms. The Kier molecular flexibility index (Phi) is 12.4. The van der Waals surface area contributed by atoms with Gasteiger partial charge in [-0.3, -0.25) is 4.57 Å². The Morgan fingerprint density at radius 2 is 1.39 bits per heavy atom. The Labute approximate surface area is 382 Å². The third kappa shape index (κ3) is 8.49. The minimum absolute atomic E-state index is 0.226. The van der Waals surface area contributed by atoms with Gasteiger partial charge in [0.05, 0.1) is 36.9 Å². The number of nitrogens with zero attached hydrogens (tertiary/aromatic N) is 18. The number of hydrogen-bond donors (Lipinski definition) is 4. The number of rotatable bonds is 17. The maximum Gasteiger partial charge on any atom is 0.229 e. The summed E-state index contributed by atoms with van der Waals surface area (Å²) in [6.45, 7) is 9.92. The van der Waals surface area contributed by atoms with E-state index in [1.54, 1.807) is 15.7 Å². The van der Waals surface area contributed by atoms with Gasteiger partial charge in [0.1, 0.15) is 30.1 Å². The molecule has 6 aromatic rings. The predicted octanol–water partition coefficient (Wildman–Crippen LogP) is 1.82. The number of unbranched alkanes of at least 4 members (excludes halogenated alkanes) is 1. The Bertz CT molecular complexity index is 2610. The molecule has 0 aliphatic carbocycles. The standard InChI is InChI=1S/C42H62N20O4/c1-7-61-51-37(49-53-61)30-11-12-31(65-30)60-24-46-33-38(47-42(48-40(33)60)58-18-14-26(22-58)56(5)6)44-16-10-9-15-43-28-19-27(57-17-13-25(21-57)55(3)4)20-29-32(28)45-23-59(29)41-35(64)34(63)36(66-41)39-50-54-62(8-2)52-39/h19-20,23-26,30-31,34-36,41,43,63-64H,7-18,21-22H2,1-6H3,(H,44,47,48)/t25-,26-,30+,31?,34+,35-,36+,41-/m1/s1. The van der Waals surface area contributed by atoms with Crippen LogP contribution in [0.15, 0.2) is 24.8 Å². The molecule has 1 aromatic carbocycles. The third-order valence-electron chi connectivity index (χ3n) is 13.6. The van der Waals surface area contributed by atoms with Crippen LogP contribution in [0.25, 0.3) is 22.2 Å². The quantitative estimate of drug-likeness (QED) is 0.0954. The molecule has 5 aromatic heterocycles. The number of hydrogen-bond acceptors (Lipinski definition) is 20. The number of aliphatic hydroxyl groups excluding tert-OH is 2. The number of ether oxygens (including phenoxy) is 2. The largest absolute Gasteiger partial charge is 0.387 e. The van der Waals surface area contributed by atoms with Gasteiger partial charge in [0.15, 0.2) is 29.3 Å². The number of fused-ring (bicyclic) bond motifs is 2. The average Bonchev–Trinajstić information content (AvgIpc) is 4.16. The predicted molar refractivity (Wildman–Crippen MR) is 244 cm³/mol. The van der Waals surface area contributed by atoms with E-state index in [1.165, 1.54) is 4.80 Å². The summed E-state index contributed by atoms with van der Waals surface area (Å²) in [4.78, 5) is 32.1. The fourth-order valence-electron chi connectivity index (χ4n) is 9.58. The lowest BCUT2D eigenvalue weighted by atomic mass is 10.1. The first-order valence-corrected chi connectivity index (χ1v) is 23.3. The van der Waals surface area contributed by atoms with E-state index in [2.05, 4.69) is 101 Å². The topological polar surface area (TPSA) is 245 Å². The summed E-state index contributed by atoms with van der Waals surface area (Å²) in [7, 11) is 8.49. The molecular formula is C42H62N20O4. The van der Waals surface area contributed by atoms with Crippen LogP contribution in [0.4, 0.5) is 23.1 Å². The van der Waals surface area contributed by atoms with Crippen LogP contribution < -0.4 is 20.4 Å². The van der Waals surface area contributed by atoms with E-state index in [4.69, 9.17) is 29.4 Å². The van der Waals surface area contributed by atoms with Crippen molar-refractivity contribution in [1.29, 1.82) is 0 Å². The molecule has 9 heterocycles. The lowest BCUT2D eigenvalue weighted by molar-refractivity contribution is -0.0381. The van der Waals surface area contributed by atoms with Crippen LogP contribution >= 0.6 is 0 Å². The molecule has 4 aliphatic heterocycles. The van der Waals surface area contributed by atoms with E-state index in [0.717, 1.165) is 92.8 Å². The zero-order valence-electron chi connectivity index (χ0n) is 38.6. The van der Waals surface area contributed by atoms with Crippen molar-refractivity contribution in [1.82, 2.24) is 79.3 Å². The number of imidazole rings is 2. The van der Waals surface area contributed by atoms with Gasteiger partial charge in [-0.05, 0) is 103 Å². The normalized spacial score (nSPS) is 25.8. The van der Waals surface area contributed by atoms with Crippen LogP contribution in [0.3, 0.4) is 0 Å². The highest BCUT2D eigenvalue weighted by molar-refractivity contribution is 5.92. The van der Waals surface area contributed by atoms with Crippen molar-refractivity contribution in [3.05, 3.63) is 36.4 Å². The van der Waals surface area contributed by atoms with Gasteiger partial charge in [-0.2, -0.15) is 19.6 Å². The molecule has 354 valence electrons. The van der Waals surface area contributed by atoms with Gasteiger partial charge in [0, 0.05) is 57.0 Å². The first kappa shape index (κ1) is 44.2. The molecule has 8 atom stereocenters. The van der Waals surface area contributed by atoms with Gasteiger partial charge in [-0.15, -0.1) is 20.4 Å². The molecule has 10 rings (SSSR count). The second-order valence-corrected chi connectivity index (χ2v) is 18.2. The number of likely N-dealkylation sites (N-methyl/N-ethyl adjacent to an activating group) is 2. The molecule has 4 saturated heterocycles. The van der Waals surface area contributed by atoms with Crippen molar-refractivity contribution in [3.63, 3.8) is 0 Å². The Morgan fingerprint density at radius 3 is 2.11 bits per heavy atom. The molecule has 0 bridgehead atoms. The van der Waals surface area contributed by atoms with Gasteiger partial charge in [-0.25, -0.2) is 9.97 Å². The third-order valence-corrected chi connectivity index (χ3v) is 13.6. The maximum absolute atomic E-state index is 11.3. The minimum Gasteiger partial charge on any atom is -0.387 e. The lowest BCUT2D eigenvalue weighted by Gasteiger charge is -2.23. The molecular weight excluding hydrogens is 849 g/mol. The summed E-state index contributed by atoms with van der Waals surface area (Å²) < 4.78 is 16.6. The van der Waals surface area contributed by atoms with Crippen LogP contribution in [0.1, 0.15) is 88.7 Å². The number of aromatic nitrogens is 14. The first-order valence-electron chi connectivity index (χ1n) is 23.3. The maximum atomic E-state index is 11.3. The van der Waals surface area contributed by atoms with E-state index < -0.39 is 24.5 Å². The molecule has 0 radical (unpaired) electrons. The summed E-state index contributed by atoms with van der Waals surface area (Å²) in [5.74, 6) is 2.21. The zero-order valence-corrected chi connectivity index (χ0v) is 38.6. The molecule has 4 N–H and O–H groups in total. The molecule has 0 spiro atoms. The van der Waals surface area contributed by atoms with Gasteiger partial charge in [0.25, 0.3) is 0 Å². The van der Waals surface area contributed by atoms with Crippen molar-refractivity contribution < 1.29 is 19.7 Å². The van der Waals surface area contributed by atoms with E-state index in [9.17, 15) is 10.2 Å². The summed E-state index contributed by atoms with van der Waals surface area (Å²) in [6.07, 6.45) is 3.93. The highest BCUT2D eigenvalue weighted by Gasteiger charge is 2.47. The molecule has 24 nitrogen and oxygen atoms in total. The lowest BCUT2D eigenvalue weighted by Crippen LogP contribution is -2.32. The molecule has 0 amide bonds. The highest BCUT2D eigenvalue weighted by Crippen LogP contribution is 2.42. The zero-order chi connectivity index (χ0) is 45.6. The molecule has 1 unspecified atom stereocenters. The van der Waals surface area contributed by atoms with Gasteiger partial charge < -0.3 is 54.5 Å². The van der Waals surface area contributed by atoms with E-state index in [0.29, 0.717) is 61.4 Å². The summed E-state index contributed by atoms with van der Waals surface area (Å²) in [5, 5.41) is 55.1. The number of nitrogens with one attached hydrogen (secondary N) is 2. The number of aryl methyl sites for hydroxylation is 2. The fourth-order valence-corrected chi connectivity index (χ4v) is 9.58. The Hall–Kier alpha value is -5.66. The molecule has 4 aliphatic rings. The second kappa shape index (κ2) is 18.6. The van der Waals surface area contributed by atoms with Crippen molar-refractivity contribution >= 4 is 45.3 Å². The monoisotopic (exact) mass is 911 g/mol. The van der Waals surface area contributed by atoms with Crippen LogP contribution in [0.2, 0.25) is 0 Å². The van der Waals surface area contributed by atoms with E-state index >= 15 is 0 Å². The number of benzene rings is 1. The summed E-state index contributed by atoms with van der Waals surface area (Å²) in [6, 6.07) is 5.12. The number of anilines is 4. The second-order valence-electron chi connectivity index (χ2n) is 18.2. The average molecular weight is 911 g/mol. The van der Waals surface area contributed by atoms with Crippen LogP contribution in [-0.4, -0.2) is 181 Å². The van der Waals surface area contributed by atoms with Crippen LogP contribution in [0, 0.1) is 0 Å². The van der Waals surface area contributed by atoms with Crippen molar-refractivity contribution in [2.75, 3.05) is 87.9 Å². The van der Waals surface area contributed by atoms with Crippen molar-refractivity contribution in [2.24, 2.45) is 0 Å². The number of tetrazole rings is 2. The van der Waals surface area contributed by atoms with E-state index in [-0.39, 0.29) is 18.2 Å². The fraction of sp³-hybridized carbons (Fsp3) is 0.667. The molecule has 4 fully saturated rings. The van der Waals surface area contributed by atoms with Crippen molar-refractivity contribution in [2.45, 2.75) is 114 Å². The first-order chi connectivity index (χ1) is 32.1. The highest BCUT2D eigenvalue weighted by atomic mass is 16.6. The van der Waals surface area contributed by atoms with E-state index in [1.807, 2.05) is 24.7 Å². The summed E-state index contributed by atoms with van der Waals surface area (Å²) in [5.41, 5.74) is 4.89. The Balaban J connectivity index is 0.846. The van der Waals surface area contributed by atoms with Gasteiger partial charge in [0.2, 0.25) is 17.6 Å². The number of aliphatic hydroxyl groups is 2. The Morgan fingerprint density at radius 1 is 0.727 bits per heavy atom. The van der Waals surface area contributed by atoms with Crippen molar-refractivity contribution in [3.8, 4) is 0 Å². The SMILES string of the molecule is CCn1nnc([C@@H]2CCC(n3cnc4c(NCCCCNc5cc(N6CC[C@@H](N(C)C)C6)cc6c5ncn6[C@@H]5O[C@H](c6nnn(CC)n6)[C@@H](O)[C@H]5O)nc(N5CC[C@@H](N(C)C)C5)nc43)O2)n1. The summed E-state index contributed by atoms with van der Waals surface area (Å²) >= 11 is 0. The van der Waals surface area contributed by atoms with Crippen LogP contribution in [-0.2, 0) is 22.6 Å². The smallest absolute Gasteiger partial charge is 0.229 e. The molecule has 66 heavy (non-hydrogen) atoms. The minimum atomic E-state index is -1.25. The van der Waals surface area contributed by atoms with Gasteiger partial charge in [-0.1, -0.05) is 0 Å². The van der Waals surface area contributed by atoms with Gasteiger partial charge >= 0.3 is 0 Å². The molecule has 0 saturated carbocycles. The van der Waals surface area contributed by atoms with Crippen LogP contribution in [0.5, 0.6) is 0 Å².